The molecule has 1 nitrogen and oxygen atoms in total. The first kappa shape index (κ1) is 28.3. The van der Waals surface area contributed by atoms with Crippen LogP contribution in [0.2, 0.25) is 0 Å². The Morgan fingerprint density at radius 1 is 0.354 bits per heavy atom. The van der Waals surface area contributed by atoms with Gasteiger partial charge in [0, 0.05) is 36.9 Å². The first-order chi connectivity index (χ1) is 23.8. The summed E-state index contributed by atoms with van der Waals surface area (Å²) in [7, 11) is 0. The predicted molar refractivity (Wildman–Crippen MR) is 208 cm³/mol. The molecular formula is C46H31NS. The van der Waals surface area contributed by atoms with E-state index in [1.807, 2.05) is 11.3 Å². The largest absolute Gasteiger partial charge is 0.310 e. The van der Waals surface area contributed by atoms with Gasteiger partial charge in [-0.05, 0) is 75.2 Å². The van der Waals surface area contributed by atoms with E-state index in [1.54, 1.807) is 0 Å². The van der Waals surface area contributed by atoms with Crippen LogP contribution in [0.25, 0.3) is 64.3 Å². The highest BCUT2D eigenvalue weighted by atomic mass is 32.1. The summed E-state index contributed by atoms with van der Waals surface area (Å²) in [5, 5.41) is 5.08. The molecule has 48 heavy (non-hydrogen) atoms. The van der Waals surface area contributed by atoms with Gasteiger partial charge in [-0.2, -0.15) is 0 Å². The van der Waals surface area contributed by atoms with Gasteiger partial charge >= 0.3 is 0 Å². The molecule has 0 unspecified atom stereocenters. The number of benzene rings is 8. The van der Waals surface area contributed by atoms with Crippen LogP contribution in [0.1, 0.15) is 0 Å². The number of thiophene rings is 1. The summed E-state index contributed by atoms with van der Waals surface area (Å²) in [5.74, 6) is 0. The number of rotatable bonds is 6. The molecule has 0 aliphatic heterocycles. The average Bonchev–Trinajstić information content (AvgIpc) is 3.55. The van der Waals surface area contributed by atoms with Gasteiger partial charge in [-0.3, -0.25) is 0 Å². The SMILES string of the molecule is c1ccc(-c2ccc(-c3ccc(N(c4cccc(-c5cccc6c5sc5ccccc56)c4)c4cccc5ccccc45)cc3)cc2)cc1. The molecule has 0 saturated heterocycles. The van der Waals surface area contributed by atoms with Gasteiger partial charge in [-0.1, -0.05) is 152 Å². The second kappa shape index (κ2) is 12.0. The molecule has 0 saturated carbocycles. The molecule has 0 amide bonds. The van der Waals surface area contributed by atoms with Crippen molar-refractivity contribution in [3.05, 3.63) is 188 Å². The zero-order valence-electron chi connectivity index (χ0n) is 26.3. The normalized spacial score (nSPS) is 11.3. The molecule has 0 aliphatic rings. The average molecular weight is 630 g/mol. The van der Waals surface area contributed by atoms with Gasteiger partial charge in [-0.15, -0.1) is 11.3 Å². The van der Waals surface area contributed by atoms with Crippen LogP contribution in [0.5, 0.6) is 0 Å². The zero-order chi connectivity index (χ0) is 31.9. The number of hydrogen-bond acceptors (Lipinski definition) is 2. The Morgan fingerprint density at radius 3 is 1.71 bits per heavy atom. The van der Waals surface area contributed by atoms with Crippen molar-refractivity contribution in [1.29, 1.82) is 0 Å². The van der Waals surface area contributed by atoms with Gasteiger partial charge in [0.25, 0.3) is 0 Å². The van der Waals surface area contributed by atoms with Crippen molar-refractivity contribution in [2.45, 2.75) is 0 Å². The van der Waals surface area contributed by atoms with Crippen LogP contribution >= 0.6 is 11.3 Å². The van der Waals surface area contributed by atoms with Crippen LogP contribution in [-0.2, 0) is 0 Å². The fourth-order valence-electron chi connectivity index (χ4n) is 6.91. The molecule has 8 aromatic carbocycles. The van der Waals surface area contributed by atoms with Crippen molar-refractivity contribution in [3.8, 4) is 33.4 Å². The highest BCUT2D eigenvalue weighted by molar-refractivity contribution is 7.26. The minimum Gasteiger partial charge on any atom is -0.310 e. The van der Waals surface area contributed by atoms with E-state index < -0.39 is 0 Å². The number of fused-ring (bicyclic) bond motifs is 4. The Labute approximate surface area is 284 Å². The maximum Gasteiger partial charge on any atom is 0.0540 e. The molecule has 9 rings (SSSR count). The monoisotopic (exact) mass is 629 g/mol. The van der Waals surface area contributed by atoms with Gasteiger partial charge in [0.05, 0.1) is 5.69 Å². The minimum absolute atomic E-state index is 1.12. The maximum atomic E-state index is 2.40. The van der Waals surface area contributed by atoms with E-state index in [0.29, 0.717) is 0 Å². The molecule has 0 atom stereocenters. The molecular weight excluding hydrogens is 599 g/mol. The highest BCUT2D eigenvalue weighted by Gasteiger charge is 2.17. The van der Waals surface area contributed by atoms with Crippen LogP contribution < -0.4 is 4.90 Å². The van der Waals surface area contributed by atoms with Crippen LogP contribution in [0.4, 0.5) is 17.1 Å². The van der Waals surface area contributed by atoms with E-state index in [-0.39, 0.29) is 0 Å². The van der Waals surface area contributed by atoms with Crippen molar-refractivity contribution in [2.75, 3.05) is 4.90 Å². The van der Waals surface area contributed by atoms with E-state index in [4.69, 9.17) is 0 Å². The summed E-state index contributed by atoms with van der Waals surface area (Å²) >= 11 is 1.88. The van der Waals surface area contributed by atoms with E-state index >= 15 is 0 Å². The Morgan fingerprint density at radius 2 is 0.917 bits per heavy atom. The highest BCUT2D eigenvalue weighted by Crippen LogP contribution is 2.43. The summed E-state index contributed by atoms with van der Waals surface area (Å²) in [6, 6.07) is 68.1. The standard InChI is InChI=1S/C46H31NS/c1-2-11-32(12-3-1)33-23-25-34(26-24-33)35-27-29-38(30-28-35)47(44-21-9-14-36-13-4-5-17-40(36)44)39-16-8-15-37(31-39)41-19-10-20-43-42-18-6-7-22-45(42)48-46(41)43/h1-31H. The molecule has 0 N–H and O–H groups in total. The van der Waals surface area contributed by atoms with Crippen LogP contribution in [0.3, 0.4) is 0 Å². The van der Waals surface area contributed by atoms with Crippen LogP contribution in [0, 0.1) is 0 Å². The fourth-order valence-corrected chi connectivity index (χ4v) is 8.14. The molecule has 2 heteroatoms. The second-order valence-electron chi connectivity index (χ2n) is 12.2. The minimum atomic E-state index is 1.12. The molecule has 1 aromatic heterocycles. The Balaban J connectivity index is 1.15. The molecule has 0 radical (unpaired) electrons. The van der Waals surface area contributed by atoms with E-state index in [1.165, 1.54) is 64.3 Å². The van der Waals surface area contributed by atoms with Crippen molar-refractivity contribution in [3.63, 3.8) is 0 Å². The first-order valence-electron chi connectivity index (χ1n) is 16.3. The van der Waals surface area contributed by atoms with Gasteiger partial charge in [0.2, 0.25) is 0 Å². The molecule has 9 aromatic rings. The zero-order valence-corrected chi connectivity index (χ0v) is 27.1. The summed E-state index contributed by atoms with van der Waals surface area (Å²) in [4.78, 5) is 2.40. The van der Waals surface area contributed by atoms with Gasteiger partial charge in [0.15, 0.2) is 0 Å². The number of hydrogen-bond donors (Lipinski definition) is 0. The van der Waals surface area contributed by atoms with Gasteiger partial charge in [0.1, 0.15) is 0 Å². The number of anilines is 3. The lowest BCUT2D eigenvalue weighted by atomic mass is 9.99. The third kappa shape index (κ3) is 5.04. The lowest BCUT2D eigenvalue weighted by Crippen LogP contribution is -2.10. The molecule has 0 spiro atoms. The first-order valence-corrected chi connectivity index (χ1v) is 17.2. The van der Waals surface area contributed by atoms with Crippen molar-refractivity contribution in [1.82, 2.24) is 0 Å². The Kier molecular flexibility index (Phi) is 7.07. The molecule has 1 heterocycles. The fraction of sp³-hybridized carbons (Fsp3) is 0. The second-order valence-corrected chi connectivity index (χ2v) is 13.2. The van der Waals surface area contributed by atoms with Crippen molar-refractivity contribution in [2.24, 2.45) is 0 Å². The topological polar surface area (TPSA) is 3.24 Å². The lowest BCUT2D eigenvalue weighted by molar-refractivity contribution is 1.30. The number of nitrogens with zero attached hydrogens (tertiary/aromatic N) is 1. The quantitative estimate of drug-likeness (QED) is 0.177. The molecule has 0 bridgehead atoms. The third-order valence-electron chi connectivity index (χ3n) is 9.28. The maximum absolute atomic E-state index is 2.40. The Bertz CT molecular complexity index is 2540. The van der Waals surface area contributed by atoms with Crippen LogP contribution in [-0.4, -0.2) is 0 Å². The van der Waals surface area contributed by atoms with E-state index in [9.17, 15) is 0 Å². The summed E-state index contributed by atoms with van der Waals surface area (Å²) < 4.78 is 2.65. The third-order valence-corrected chi connectivity index (χ3v) is 10.5. The lowest BCUT2D eigenvalue weighted by Gasteiger charge is -2.27. The van der Waals surface area contributed by atoms with Crippen molar-refractivity contribution >= 4 is 59.3 Å². The summed E-state index contributed by atoms with van der Waals surface area (Å²) in [6.07, 6.45) is 0. The summed E-state index contributed by atoms with van der Waals surface area (Å²) in [6.45, 7) is 0. The van der Waals surface area contributed by atoms with E-state index in [2.05, 4.69) is 193 Å². The smallest absolute Gasteiger partial charge is 0.0540 e. The molecule has 0 fully saturated rings. The van der Waals surface area contributed by atoms with E-state index in [0.717, 1.165) is 17.1 Å². The van der Waals surface area contributed by atoms with Gasteiger partial charge < -0.3 is 4.90 Å². The predicted octanol–water partition coefficient (Wildman–Crippen LogP) is 13.7. The molecule has 0 aliphatic carbocycles. The summed E-state index contributed by atoms with van der Waals surface area (Å²) in [5.41, 5.74) is 10.7. The van der Waals surface area contributed by atoms with Gasteiger partial charge in [-0.25, -0.2) is 0 Å². The van der Waals surface area contributed by atoms with Crippen LogP contribution in [0.15, 0.2) is 188 Å². The van der Waals surface area contributed by atoms with Crippen molar-refractivity contribution < 1.29 is 0 Å². The molecule has 226 valence electrons. The Hall–Kier alpha value is -5.96.